The first-order chi connectivity index (χ1) is 6.26. The molecule has 0 unspecified atom stereocenters. The van der Waals surface area contributed by atoms with Gasteiger partial charge in [0.2, 0.25) is 0 Å². The van der Waals surface area contributed by atoms with Gasteiger partial charge in [0.05, 0.1) is 5.76 Å². The van der Waals surface area contributed by atoms with Gasteiger partial charge in [0.15, 0.2) is 0 Å². The Balaban J connectivity index is 4.04. The summed E-state index contributed by atoms with van der Waals surface area (Å²) in [4.78, 5) is 0. The molecule has 0 saturated carbocycles. The summed E-state index contributed by atoms with van der Waals surface area (Å²) in [6, 6.07) is 0. The first-order valence-electron chi connectivity index (χ1n) is 5.33. The lowest BCUT2D eigenvalue weighted by molar-refractivity contribution is 0.387. The summed E-state index contributed by atoms with van der Waals surface area (Å²) in [5.41, 5.74) is 1.08. The van der Waals surface area contributed by atoms with Crippen LogP contribution in [0, 0.1) is 0 Å². The Morgan fingerprint density at radius 2 is 1.85 bits per heavy atom. The van der Waals surface area contributed by atoms with Gasteiger partial charge in [-0.05, 0) is 18.4 Å². The molecule has 0 aromatic carbocycles. The van der Waals surface area contributed by atoms with Crippen LogP contribution in [0.25, 0.3) is 0 Å². The van der Waals surface area contributed by atoms with Crippen molar-refractivity contribution in [3.05, 3.63) is 23.5 Å². The van der Waals surface area contributed by atoms with E-state index in [4.69, 9.17) is 0 Å². The third-order valence-corrected chi connectivity index (χ3v) is 2.13. The van der Waals surface area contributed by atoms with Gasteiger partial charge in [-0.3, -0.25) is 0 Å². The zero-order valence-electron chi connectivity index (χ0n) is 9.14. The van der Waals surface area contributed by atoms with Gasteiger partial charge in [-0.25, -0.2) is 0 Å². The number of allylic oxidation sites excluding steroid dienone is 4. The quantitative estimate of drug-likeness (QED) is 0.367. The van der Waals surface area contributed by atoms with E-state index >= 15 is 0 Å². The maximum Gasteiger partial charge on any atom is 0.0951 e. The lowest BCUT2D eigenvalue weighted by atomic mass is 10.1. The van der Waals surface area contributed by atoms with Crippen molar-refractivity contribution in [1.82, 2.24) is 0 Å². The number of hydrogen-bond donors (Lipinski definition) is 1. The molecule has 0 fully saturated rings. The van der Waals surface area contributed by atoms with Crippen LogP contribution in [0.3, 0.4) is 0 Å². The minimum Gasteiger partial charge on any atom is -0.512 e. The maximum atomic E-state index is 9.50. The number of unbranched alkanes of at least 4 members (excludes halogenated alkanes) is 2. The van der Waals surface area contributed by atoms with Crippen molar-refractivity contribution in [3.63, 3.8) is 0 Å². The molecule has 1 nitrogen and oxygen atoms in total. The predicted molar refractivity (Wildman–Crippen MR) is 58.9 cm³/mol. The van der Waals surface area contributed by atoms with Crippen LogP contribution in [0.4, 0.5) is 0 Å². The van der Waals surface area contributed by atoms with Gasteiger partial charge < -0.3 is 5.11 Å². The van der Waals surface area contributed by atoms with Crippen LogP contribution in [-0.2, 0) is 0 Å². The van der Waals surface area contributed by atoms with E-state index < -0.39 is 0 Å². The Morgan fingerprint density at radius 3 is 2.31 bits per heavy atom. The van der Waals surface area contributed by atoms with Crippen LogP contribution < -0.4 is 0 Å². The summed E-state index contributed by atoms with van der Waals surface area (Å²) in [5.74, 6) is 0.537. The molecule has 0 atom stereocenters. The summed E-state index contributed by atoms with van der Waals surface area (Å²) < 4.78 is 0. The van der Waals surface area contributed by atoms with Crippen molar-refractivity contribution in [2.24, 2.45) is 0 Å². The van der Waals surface area contributed by atoms with Crippen LogP contribution >= 0.6 is 0 Å². The second-order valence-corrected chi connectivity index (χ2v) is 3.22. The fourth-order valence-electron chi connectivity index (χ4n) is 1.19. The average molecular weight is 182 g/mol. The minimum absolute atomic E-state index is 0.537. The normalized spacial score (nSPS) is 13.5. The van der Waals surface area contributed by atoms with Crippen LogP contribution in [-0.4, -0.2) is 5.11 Å². The van der Waals surface area contributed by atoms with Gasteiger partial charge >= 0.3 is 0 Å². The third-order valence-electron chi connectivity index (χ3n) is 2.13. The van der Waals surface area contributed by atoms with E-state index in [0.717, 1.165) is 24.8 Å². The molecule has 76 valence electrons. The maximum absolute atomic E-state index is 9.50. The highest BCUT2D eigenvalue weighted by molar-refractivity contribution is 5.21. The van der Waals surface area contributed by atoms with Crippen LogP contribution in [0.2, 0.25) is 0 Å². The van der Waals surface area contributed by atoms with E-state index in [1.807, 2.05) is 6.92 Å². The van der Waals surface area contributed by atoms with Crippen molar-refractivity contribution in [2.75, 3.05) is 0 Å². The second kappa shape index (κ2) is 7.90. The molecule has 13 heavy (non-hydrogen) atoms. The molecule has 1 N–H and O–H groups in total. The minimum atomic E-state index is 0.537. The molecule has 0 aliphatic heterocycles. The van der Waals surface area contributed by atoms with Crippen molar-refractivity contribution in [2.45, 2.75) is 52.9 Å². The van der Waals surface area contributed by atoms with Gasteiger partial charge in [0.25, 0.3) is 0 Å². The average Bonchev–Trinajstić information content (AvgIpc) is 2.17. The molecule has 0 aliphatic rings. The Labute approximate surface area is 82.2 Å². The van der Waals surface area contributed by atoms with E-state index in [1.165, 1.54) is 12.8 Å². The van der Waals surface area contributed by atoms with Crippen molar-refractivity contribution >= 4 is 0 Å². The van der Waals surface area contributed by atoms with Gasteiger partial charge in [-0.15, -0.1) is 0 Å². The van der Waals surface area contributed by atoms with Gasteiger partial charge in [0.1, 0.15) is 0 Å². The number of aliphatic hydroxyl groups excluding tert-OH is 1. The third kappa shape index (κ3) is 5.51. The zero-order chi connectivity index (χ0) is 10.1. The molecule has 0 saturated heterocycles. The molecule has 0 radical (unpaired) electrons. The molecule has 1 heteroatoms. The monoisotopic (exact) mass is 182 g/mol. The Kier molecular flexibility index (Phi) is 7.47. The summed E-state index contributed by atoms with van der Waals surface area (Å²) in [5, 5.41) is 9.50. The van der Waals surface area contributed by atoms with E-state index in [1.54, 1.807) is 0 Å². The fourth-order valence-corrected chi connectivity index (χ4v) is 1.19. The second-order valence-electron chi connectivity index (χ2n) is 3.22. The van der Waals surface area contributed by atoms with E-state index in [9.17, 15) is 5.11 Å². The highest BCUT2D eigenvalue weighted by Gasteiger charge is 1.96. The van der Waals surface area contributed by atoms with Crippen LogP contribution in [0.15, 0.2) is 23.5 Å². The van der Waals surface area contributed by atoms with Gasteiger partial charge in [0, 0.05) is 6.42 Å². The molecule has 0 aromatic heterocycles. The van der Waals surface area contributed by atoms with Crippen molar-refractivity contribution in [3.8, 4) is 0 Å². The first kappa shape index (κ1) is 12.3. The molecular weight excluding hydrogens is 160 g/mol. The van der Waals surface area contributed by atoms with Crippen LogP contribution in [0.5, 0.6) is 0 Å². The molecule has 0 spiro atoms. The van der Waals surface area contributed by atoms with E-state index in [2.05, 4.69) is 26.0 Å². The Morgan fingerprint density at radius 1 is 1.15 bits per heavy atom. The summed E-state index contributed by atoms with van der Waals surface area (Å²) in [6.07, 6.45) is 9.47. The lowest BCUT2D eigenvalue weighted by Gasteiger charge is -2.01. The SMILES string of the molecule is CCCCC=CC(CC)=C(O)CC. The van der Waals surface area contributed by atoms with E-state index in [0.29, 0.717) is 5.76 Å². The van der Waals surface area contributed by atoms with E-state index in [-0.39, 0.29) is 0 Å². The molecule has 0 amide bonds. The number of aliphatic hydroxyl groups is 1. The predicted octanol–water partition coefficient (Wildman–Crippen LogP) is 4.36. The van der Waals surface area contributed by atoms with Gasteiger partial charge in [-0.2, -0.15) is 0 Å². The van der Waals surface area contributed by atoms with Crippen molar-refractivity contribution < 1.29 is 5.11 Å². The van der Waals surface area contributed by atoms with Gasteiger partial charge in [-0.1, -0.05) is 45.8 Å². The highest BCUT2D eigenvalue weighted by Crippen LogP contribution is 2.11. The fraction of sp³-hybridized carbons (Fsp3) is 0.667. The Bertz CT molecular complexity index is 178. The lowest BCUT2D eigenvalue weighted by Crippen LogP contribution is -1.85. The molecular formula is C12H22O. The number of hydrogen-bond acceptors (Lipinski definition) is 1. The molecule has 0 aromatic rings. The topological polar surface area (TPSA) is 20.2 Å². The zero-order valence-corrected chi connectivity index (χ0v) is 9.14. The number of rotatable bonds is 6. The Hall–Kier alpha value is -0.720. The van der Waals surface area contributed by atoms with Crippen LogP contribution in [0.1, 0.15) is 52.9 Å². The summed E-state index contributed by atoms with van der Waals surface area (Å²) in [7, 11) is 0. The van der Waals surface area contributed by atoms with Crippen molar-refractivity contribution in [1.29, 1.82) is 0 Å². The smallest absolute Gasteiger partial charge is 0.0951 e. The molecule has 0 bridgehead atoms. The summed E-state index contributed by atoms with van der Waals surface area (Å²) in [6.45, 7) is 6.24. The largest absolute Gasteiger partial charge is 0.512 e. The first-order valence-corrected chi connectivity index (χ1v) is 5.33. The molecule has 0 aliphatic carbocycles. The highest BCUT2D eigenvalue weighted by atomic mass is 16.3. The summed E-state index contributed by atoms with van der Waals surface area (Å²) >= 11 is 0. The molecule has 0 heterocycles. The standard InChI is InChI=1S/C12H22O/c1-4-7-8-9-10-11(5-2)12(13)6-3/h9-10,13H,4-8H2,1-3H3. The molecule has 0 rings (SSSR count).